The summed E-state index contributed by atoms with van der Waals surface area (Å²) in [4.78, 5) is 0. The van der Waals surface area contributed by atoms with Crippen LogP contribution in [0.15, 0.2) is 60.7 Å². The standard InChI is InChI=1S/C15H12/c1-3-10-14-12(6-1)8-5-9-13-7-2-4-11-15(13)14/h1-12H. The molecule has 1 atom stereocenters. The number of allylic oxidation sites excluding steroid dienone is 6. The van der Waals surface area contributed by atoms with E-state index in [0.29, 0.717) is 5.92 Å². The number of rotatable bonds is 0. The van der Waals surface area contributed by atoms with Gasteiger partial charge in [-0.15, -0.1) is 0 Å². The van der Waals surface area contributed by atoms with Crippen molar-refractivity contribution in [2.24, 2.45) is 5.92 Å². The number of hydrogen-bond donors (Lipinski definition) is 0. The number of benzene rings is 1. The second-order valence-electron chi connectivity index (χ2n) is 3.86. The summed E-state index contributed by atoms with van der Waals surface area (Å²) < 4.78 is 0. The third-order valence-electron chi connectivity index (χ3n) is 2.93. The average Bonchev–Trinajstić information content (AvgIpc) is 2.48. The third kappa shape index (κ3) is 1.39. The van der Waals surface area contributed by atoms with Crippen molar-refractivity contribution in [3.63, 3.8) is 0 Å². The molecule has 0 spiro atoms. The molecular formula is C15H12. The first-order valence-corrected chi connectivity index (χ1v) is 5.28. The molecule has 0 nitrogen and oxygen atoms in total. The molecule has 2 aliphatic carbocycles. The fourth-order valence-electron chi connectivity index (χ4n) is 2.18. The molecule has 0 saturated heterocycles. The maximum absolute atomic E-state index is 2.25. The molecule has 0 heterocycles. The zero-order valence-electron chi connectivity index (χ0n) is 8.43. The lowest BCUT2D eigenvalue weighted by Crippen LogP contribution is -2.27. The zero-order chi connectivity index (χ0) is 10.1. The fourth-order valence-corrected chi connectivity index (χ4v) is 2.18. The van der Waals surface area contributed by atoms with Crippen LogP contribution in [0.25, 0.3) is 11.6 Å². The fraction of sp³-hybridized carbons (Fsp3) is 0.0667. The van der Waals surface area contributed by atoms with Gasteiger partial charge in [-0.3, -0.25) is 0 Å². The highest BCUT2D eigenvalue weighted by Crippen LogP contribution is 2.20. The summed E-state index contributed by atoms with van der Waals surface area (Å²) >= 11 is 0. The normalized spacial score (nSPS) is 21.6. The third-order valence-corrected chi connectivity index (χ3v) is 2.93. The molecule has 0 heteroatoms. The van der Waals surface area contributed by atoms with E-state index in [1.54, 1.807) is 0 Å². The predicted octanol–water partition coefficient (Wildman–Crippen LogP) is 1.93. The molecule has 0 amide bonds. The van der Waals surface area contributed by atoms with Gasteiger partial charge in [-0.05, 0) is 16.0 Å². The van der Waals surface area contributed by atoms with Crippen molar-refractivity contribution in [2.45, 2.75) is 0 Å². The Bertz CT molecular complexity index is 583. The van der Waals surface area contributed by atoms with Crippen LogP contribution in [0.1, 0.15) is 0 Å². The van der Waals surface area contributed by atoms with Gasteiger partial charge in [-0.2, -0.15) is 0 Å². The first-order chi connectivity index (χ1) is 7.45. The lowest BCUT2D eigenvalue weighted by molar-refractivity contribution is 1.08. The smallest absolute Gasteiger partial charge is 0.0211 e. The summed E-state index contributed by atoms with van der Waals surface area (Å²) in [5.74, 6) is 0.440. The van der Waals surface area contributed by atoms with Crippen molar-refractivity contribution in [3.8, 4) is 0 Å². The molecule has 1 unspecified atom stereocenters. The Kier molecular flexibility index (Phi) is 1.92. The highest BCUT2D eigenvalue weighted by Gasteiger charge is 2.09. The summed E-state index contributed by atoms with van der Waals surface area (Å²) in [5, 5.41) is 2.67. The van der Waals surface area contributed by atoms with Gasteiger partial charge in [0.15, 0.2) is 0 Å². The van der Waals surface area contributed by atoms with Crippen LogP contribution < -0.4 is 10.4 Å². The second kappa shape index (κ2) is 3.39. The minimum atomic E-state index is 0.440. The molecule has 2 aliphatic rings. The Hall–Kier alpha value is -1.82. The van der Waals surface area contributed by atoms with E-state index in [0.717, 1.165) is 0 Å². The predicted molar refractivity (Wildman–Crippen MR) is 64.5 cm³/mol. The van der Waals surface area contributed by atoms with Gasteiger partial charge >= 0.3 is 0 Å². The molecule has 0 bridgehead atoms. The summed E-state index contributed by atoms with van der Waals surface area (Å²) in [6.45, 7) is 0. The molecule has 1 aromatic rings. The largest absolute Gasteiger partial charge is 0.0732 e. The zero-order valence-corrected chi connectivity index (χ0v) is 8.43. The van der Waals surface area contributed by atoms with Gasteiger partial charge in [0.2, 0.25) is 0 Å². The van der Waals surface area contributed by atoms with E-state index in [1.807, 2.05) is 0 Å². The van der Waals surface area contributed by atoms with E-state index in [1.165, 1.54) is 16.0 Å². The van der Waals surface area contributed by atoms with E-state index in [-0.39, 0.29) is 0 Å². The van der Waals surface area contributed by atoms with Crippen molar-refractivity contribution >= 4 is 11.6 Å². The van der Waals surface area contributed by atoms with Crippen LogP contribution >= 0.6 is 0 Å². The van der Waals surface area contributed by atoms with Crippen LogP contribution in [-0.4, -0.2) is 0 Å². The molecule has 15 heavy (non-hydrogen) atoms. The molecule has 0 fully saturated rings. The molecule has 0 aromatic heterocycles. The van der Waals surface area contributed by atoms with Crippen molar-refractivity contribution in [1.82, 2.24) is 0 Å². The molecular weight excluding hydrogens is 180 g/mol. The average molecular weight is 192 g/mol. The lowest BCUT2D eigenvalue weighted by atomic mass is 9.93. The van der Waals surface area contributed by atoms with Crippen LogP contribution in [0.2, 0.25) is 0 Å². The maximum Gasteiger partial charge on any atom is 0.0211 e. The Morgan fingerprint density at radius 1 is 0.867 bits per heavy atom. The van der Waals surface area contributed by atoms with Gasteiger partial charge in [0.05, 0.1) is 0 Å². The summed E-state index contributed by atoms with van der Waals surface area (Å²) in [5.41, 5.74) is 1.40. The first-order valence-electron chi connectivity index (χ1n) is 5.28. The van der Waals surface area contributed by atoms with E-state index in [4.69, 9.17) is 0 Å². The van der Waals surface area contributed by atoms with Gasteiger partial charge in [0.1, 0.15) is 0 Å². The molecule has 0 saturated carbocycles. The molecule has 0 radical (unpaired) electrons. The second-order valence-corrected chi connectivity index (χ2v) is 3.86. The van der Waals surface area contributed by atoms with E-state index < -0.39 is 0 Å². The van der Waals surface area contributed by atoms with Crippen molar-refractivity contribution in [1.29, 1.82) is 0 Å². The molecule has 3 rings (SSSR count). The van der Waals surface area contributed by atoms with Gasteiger partial charge < -0.3 is 0 Å². The Morgan fingerprint density at radius 2 is 1.73 bits per heavy atom. The van der Waals surface area contributed by atoms with Crippen molar-refractivity contribution in [3.05, 3.63) is 71.2 Å². The minimum absolute atomic E-state index is 0.440. The summed E-state index contributed by atoms with van der Waals surface area (Å²) in [6, 6.07) is 8.56. The maximum atomic E-state index is 2.25. The number of fused-ring (bicyclic) bond motifs is 2. The molecule has 1 aromatic carbocycles. The monoisotopic (exact) mass is 192 g/mol. The molecule has 72 valence electrons. The lowest BCUT2D eigenvalue weighted by Gasteiger charge is -2.11. The van der Waals surface area contributed by atoms with E-state index >= 15 is 0 Å². The van der Waals surface area contributed by atoms with Crippen molar-refractivity contribution < 1.29 is 0 Å². The summed E-state index contributed by atoms with van der Waals surface area (Å²) in [6.07, 6.45) is 15.3. The topological polar surface area (TPSA) is 0 Å². The number of hydrogen-bond acceptors (Lipinski definition) is 0. The van der Waals surface area contributed by atoms with E-state index in [9.17, 15) is 0 Å². The Labute approximate surface area is 89.3 Å². The Morgan fingerprint density at radius 3 is 2.73 bits per heavy atom. The first kappa shape index (κ1) is 8.49. The minimum Gasteiger partial charge on any atom is -0.0732 e. The highest BCUT2D eigenvalue weighted by molar-refractivity contribution is 5.68. The molecule has 0 N–H and O–H groups in total. The summed E-state index contributed by atoms with van der Waals surface area (Å²) in [7, 11) is 0. The van der Waals surface area contributed by atoms with Gasteiger partial charge in [0, 0.05) is 5.92 Å². The van der Waals surface area contributed by atoms with Crippen LogP contribution in [-0.2, 0) is 0 Å². The van der Waals surface area contributed by atoms with Crippen LogP contribution in [0.5, 0.6) is 0 Å². The van der Waals surface area contributed by atoms with Gasteiger partial charge in [-0.25, -0.2) is 0 Å². The Balaban J connectivity index is 2.43. The van der Waals surface area contributed by atoms with Crippen LogP contribution in [0, 0.1) is 5.92 Å². The SMILES string of the molecule is C1=CC2=c3ccccc3=CC=CC2C=C1. The van der Waals surface area contributed by atoms with Crippen molar-refractivity contribution in [2.75, 3.05) is 0 Å². The van der Waals surface area contributed by atoms with Gasteiger partial charge in [0.25, 0.3) is 0 Å². The quantitative estimate of drug-likeness (QED) is 0.589. The van der Waals surface area contributed by atoms with Gasteiger partial charge in [-0.1, -0.05) is 66.8 Å². The van der Waals surface area contributed by atoms with E-state index in [2.05, 4.69) is 66.8 Å². The molecule has 0 aliphatic heterocycles. The van der Waals surface area contributed by atoms with Crippen LogP contribution in [0.4, 0.5) is 0 Å². The van der Waals surface area contributed by atoms with Crippen LogP contribution in [0.3, 0.4) is 0 Å². The highest BCUT2D eigenvalue weighted by atomic mass is 14.1.